The molecule has 0 radical (unpaired) electrons. The van der Waals surface area contributed by atoms with Gasteiger partial charge in [-0.3, -0.25) is 24.3 Å². The Morgan fingerprint density at radius 3 is 2.81 bits per heavy atom. The van der Waals surface area contributed by atoms with Crippen molar-refractivity contribution in [2.45, 2.75) is 25.6 Å². The topological polar surface area (TPSA) is 75.9 Å². The normalized spacial score (nSPS) is 16.7. The van der Waals surface area contributed by atoms with E-state index < -0.39 is 0 Å². The van der Waals surface area contributed by atoms with Gasteiger partial charge in [0.2, 0.25) is 0 Å². The molecule has 4 heterocycles. The second-order valence-electron chi connectivity index (χ2n) is 6.73. The van der Waals surface area contributed by atoms with Crippen LogP contribution in [-0.2, 0) is 13.1 Å². The molecule has 7 heteroatoms. The number of carbonyl (C=O) groups is 1. The van der Waals surface area contributed by atoms with E-state index in [0.717, 1.165) is 26.1 Å². The molecule has 1 N–H and O–H groups in total. The monoisotopic (exact) mass is 362 g/mol. The Bertz CT molecular complexity index is 880. The Hall–Kier alpha value is -3.06. The van der Waals surface area contributed by atoms with Crippen molar-refractivity contribution >= 4 is 5.91 Å². The maximum absolute atomic E-state index is 12.2. The lowest BCUT2D eigenvalue weighted by molar-refractivity contribution is 0.0947. The summed E-state index contributed by atoms with van der Waals surface area (Å²) in [5, 5.41) is 7.49. The maximum Gasteiger partial charge on any atom is 0.251 e. The van der Waals surface area contributed by atoms with Gasteiger partial charge in [-0.1, -0.05) is 6.07 Å². The largest absolute Gasteiger partial charge is 0.352 e. The van der Waals surface area contributed by atoms with E-state index in [1.54, 1.807) is 30.7 Å². The fourth-order valence-corrected chi connectivity index (χ4v) is 3.51. The average molecular weight is 362 g/mol. The summed E-state index contributed by atoms with van der Waals surface area (Å²) < 4.78 is 2.10. The van der Waals surface area contributed by atoms with Crippen LogP contribution in [0.25, 0.3) is 0 Å². The summed E-state index contributed by atoms with van der Waals surface area (Å²) in [6, 6.07) is 9.81. The predicted molar refractivity (Wildman–Crippen MR) is 101 cm³/mol. The Morgan fingerprint density at radius 2 is 2.00 bits per heavy atom. The van der Waals surface area contributed by atoms with Gasteiger partial charge in [0, 0.05) is 62.7 Å². The van der Waals surface area contributed by atoms with Gasteiger partial charge in [0.1, 0.15) is 0 Å². The molecular formula is C20H22N6O. The van der Waals surface area contributed by atoms with Crippen LogP contribution in [0, 0.1) is 0 Å². The van der Waals surface area contributed by atoms with Crippen molar-refractivity contribution in [2.75, 3.05) is 13.1 Å². The first-order chi connectivity index (χ1) is 13.3. The lowest BCUT2D eigenvalue weighted by atomic mass is 10.1. The van der Waals surface area contributed by atoms with E-state index in [2.05, 4.69) is 42.1 Å². The molecule has 4 rings (SSSR count). The van der Waals surface area contributed by atoms with Gasteiger partial charge >= 0.3 is 0 Å². The van der Waals surface area contributed by atoms with Crippen LogP contribution in [0.15, 0.2) is 61.3 Å². The Kier molecular flexibility index (Phi) is 5.20. The number of hydrogen-bond donors (Lipinski definition) is 1. The highest BCUT2D eigenvalue weighted by atomic mass is 16.1. The summed E-state index contributed by atoms with van der Waals surface area (Å²) in [5.74, 6) is -0.0684. The number of fused-ring (bicyclic) bond motifs is 1. The predicted octanol–water partition coefficient (Wildman–Crippen LogP) is 2.05. The van der Waals surface area contributed by atoms with Crippen molar-refractivity contribution in [2.24, 2.45) is 0 Å². The van der Waals surface area contributed by atoms with Crippen LogP contribution in [0.4, 0.5) is 0 Å². The van der Waals surface area contributed by atoms with Crippen molar-refractivity contribution in [3.8, 4) is 0 Å². The maximum atomic E-state index is 12.2. The third-order valence-corrected chi connectivity index (χ3v) is 4.79. The summed E-state index contributed by atoms with van der Waals surface area (Å²) in [6.45, 7) is 3.23. The van der Waals surface area contributed by atoms with Crippen LogP contribution in [0.3, 0.4) is 0 Å². The highest BCUT2D eigenvalue weighted by Gasteiger charge is 2.25. The molecule has 1 aliphatic rings. The van der Waals surface area contributed by atoms with E-state index in [1.807, 2.05) is 18.5 Å². The van der Waals surface area contributed by atoms with Gasteiger partial charge in [-0.2, -0.15) is 5.10 Å². The Morgan fingerprint density at radius 1 is 1.11 bits per heavy atom. The number of aromatic nitrogens is 4. The molecule has 3 aromatic rings. The van der Waals surface area contributed by atoms with Crippen LogP contribution >= 0.6 is 0 Å². The zero-order chi connectivity index (χ0) is 18.5. The van der Waals surface area contributed by atoms with Crippen LogP contribution < -0.4 is 5.32 Å². The second kappa shape index (κ2) is 8.09. The zero-order valence-electron chi connectivity index (χ0n) is 15.0. The van der Waals surface area contributed by atoms with E-state index in [4.69, 9.17) is 0 Å². The number of nitrogens with zero attached hydrogens (tertiary/aromatic N) is 5. The number of hydrogen-bond acceptors (Lipinski definition) is 5. The second-order valence-corrected chi connectivity index (χ2v) is 6.73. The molecule has 1 atom stereocenters. The van der Waals surface area contributed by atoms with Crippen molar-refractivity contribution in [1.82, 2.24) is 30.0 Å². The first-order valence-electron chi connectivity index (χ1n) is 9.11. The summed E-state index contributed by atoms with van der Waals surface area (Å²) in [4.78, 5) is 22.8. The van der Waals surface area contributed by atoms with Crippen molar-refractivity contribution < 1.29 is 4.79 Å². The number of amides is 1. The standard InChI is InChI=1S/C20H22N6O/c27-20(17-3-8-21-9-4-17)23-10-5-18-14-25(13-16-2-1-7-22-12-16)15-19-6-11-24-26(18)19/h1-4,6-9,11-12,18H,5,10,13-15H2,(H,23,27)/t18-/m1/s1. The SMILES string of the molecule is O=C(NCC[C@@H]1CN(Cc2cccnc2)Cc2ccnn21)c1ccncc1. The Balaban J connectivity index is 1.37. The molecule has 0 fully saturated rings. The van der Waals surface area contributed by atoms with E-state index in [1.165, 1.54) is 11.3 Å². The molecule has 0 saturated heterocycles. The fourth-order valence-electron chi connectivity index (χ4n) is 3.51. The molecule has 0 saturated carbocycles. The number of nitrogens with one attached hydrogen (secondary N) is 1. The highest BCUT2D eigenvalue weighted by Crippen LogP contribution is 2.24. The summed E-state index contributed by atoms with van der Waals surface area (Å²) in [7, 11) is 0. The van der Waals surface area contributed by atoms with Crippen LogP contribution in [0.1, 0.15) is 34.1 Å². The Labute approximate surface area is 158 Å². The molecule has 0 aromatic carbocycles. The molecule has 1 aliphatic heterocycles. The third kappa shape index (κ3) is 4.20. The number of carbonyl (C=O) groups excluding carboxylic acids is 1. The summed E-state index contributed by atoms with van der Waals surface area (Å²) in [5.41, 5.74) is 3.04. The van der Waals surface area contributed by atoms with Crippen LogP contribution in [-0.4, -0.2) is 43.6 Å². The highest BCUT2D eigenvalue weighted by molar-refractivity contribution is 5.93. The van der Waals surface area contributed by atoms with Crippen molar-refractivity contribution in [3.63, 3.8) is 0 Å². The van der Waals surface area contributed by atoms with E-state index in [0.29, 0.717) is 12.1 Å². The molecular weight excluding hydrogens is 340 g/mol. The molecule has 3 aromatic heterocycles. The van der Waals surface area contributed by atoms with Gasteiger partial charge in [-0.15, -0.1) is 0 Å². The molecule has 0 bridgehead atoms. The molecule has 0 unspecified atom stereocenters. The molecule has 138 valence electrons. The molecule has 0 aliphatic carbocycles. The van der Waals surface area contributed by atoms with Crippen molar-refractivity contribution in [3.05, 3.63) is 78.1 Å². The first-order valence-corrected chi connectivity index (χ1v) is 9.11. The average Bonchev–Trinajstić information content (AvgIpc) is 3.18. The smallest absolute Gasteiger partial charge is 0.251 e. The quantitative estimate of drug-likeness (QED) is 0.726. The minimum atomic E-state index is -0.0684. The lowest BCUT2D eigenvalue weighted by Gasteiger charge is -2.34. The molecule has 1 amide bonds. The van der Waals surface area contributed by atoms with E-state index >= 15 is 0 Å². The summed E-state index contributed by atoms with van der Waals surface area (Å²) >= 11 is 0. The first kappa shape index (κ1) is 17.4. The van der Waals surface area contributed by atoms with Gasteiger partial charge in [0.15, 0.2) is 0 Å². The van der Waals surface area contributed by atoms with Crippen LogP contribution in [0.5, 0.6) is 0 Å². The van der Waals surface area contributed by atoms with Gasteiger partial charge in [0.05, 0.1) is 11.7 Å². The van der Waals surface area contributed by atoms with Gasteiger partial charge in [0.25, 0.3) is 5.91 Å². The molecule has 27 heavy (non-hydrogen) atoms. The minimum absolute atomic E-state index is 0.0684. The van der Waals surface area contributed by atoms with Crippen molar-refractivity contribution in [1.29, 1.82) is 0 Å². The summed E-state index contributed by atoms with van der Waals surface area (Å²) in [6.07, 6.45) is 9.64. The van der Waals surface area contributed by atoms with E-state index in [9.17, 15) is 4.79 Å². The number of rotatable bonds is 6. The minimum Gasteiger partial charge on any atom is -0.352 e. The van der Waals surface area contributed by atoms with Gasteiger partial charge < -0.3 is 5.32 Å². The van der Waals surface area contributed by atoms with Gasteiger partial charge in [-0.05, 0) is 36.2 Å². The van der Waals surface area contributed by atoms with E-state index in [-0.39, 0.29) is 11.9 Å². The lowest BCUT2D eigenvalue weighted by Crippen LogP contribution is -2.39. The zero-order valence-corrected chi connectivity index (χ0v) is 15.0. The fraction of sp³-hybridized carbons (Fsp3) is 0.300. The van der Waals surface area contributed by atoms with Gasteiger partial charge in [-0.25, -0.2) is 0 Å². The third-order valence-electron chi connectivity index (χ3n) is 4.79. The van der Waals surface area contributed by atoms with Crippen LogP contribution in [0.2, 0.25) is 0 Å². The molecule has 7 nitrogen and oxygen atoms in total. The molecule has 0 spiro atoms. The number of pyridine rings is 2.